The first-order valence-corrected chi connectivity index (χ1v) is 17.8. The molecule has 18 heteroatoms. The third-order valence-corrected chi connectivity index (χ3v) is 6.45. The molecule has 0 saturated carbocycles. The van der Waals surface area contributed by atoms with Gasteiger partial charge in [-0.05, 0) is 48.5 Å². The molecule has 16 nitrogen and oxygen atoms in total. The van der Waals surface area contributed by atoms with Gasteiger partial charge in [0.1, 0.15) is 45.1 Å². The Hall–Kier alpha value is -6.54. The molecule has 0 saturated heterocycles. The van der Waals surface area contributed by atoms with E-state index >= 15 is 0 Å². The molecule has 0 fully saturated rings. The summed E-state index contributed by atoms with van der Waals surface area (Å²) in [5.74, 6) is 0.956. The minimum atomic E-state index is -4.67. The lowest BCUT2D eigenvalue weighted by Crippen LogP contribution is -1.89. The number of pyridine rings is 4. The minimum Gasteiger partial charge on any atom is -0.506 e. The quantitative estimate of drug-likeness (QED) is 0.0767. The molecule has 4 aromatic carbocycles. The molecule has 0 unspecified atom stereocenters. The average Bonchev–Trinajstić information content (AvgIpc) is 3.12. The van der Waals surface area contributed by atoms with E-state index < -0.39 is 20.8 Å². The second-order valence-corrected chi connectivity index (χ2v) is 12.1. The zero-order chi connectivity index (χ0) is 39.7. The minimum absolute atomic E-state index is 0.239. The Morgan fingerprint density at radius 3 is 0.648 bits per heavy atom. The van der Waals surface area contributed by atoms with Crippen LogP contribution in [-0.2, 0) is 20.8 Å². The molecule has 8 N–H and O–H groups in total. The van der Waals surface area contributed by atoms with Crippen molar-refractivity contribution in [3.05, 3.63) is 146 Å². The Morgan fingerprint density at radius 1 is 0.315 bits per heavy atom. The van der Waals surface area contributed by atoms with Crippen molar-refractivity contribution in [1.29, 1.82) is 0 Å². The molecule has 54 heavy (non-hydrogen) atoms. The summed E-state index contributed by atoms with van der Waals surface area (Å²) in [6, 6.07) is 36.5. The Morgan fingerprint density at radius 2 is 0.481 bits per heavy atom. The SMILES string of the molecule is O=S(=O)(O)O.O=S(=O)(O)O.Oc1cccc2cccnc12.Oc1cccc2cccnc12.Oc1cccc2cccnc12.Oc1cccc2cccnc12. The molecule has 8 rings (SSSR count). The molecular weight excluding hydrogens is 745 g/mol. The molecule has 4 heterocycles. The molecule has 0 aliphatic carbocycles. The predicted octanol–water partition coefficient (Wildman–Crippen LogP) is 6.46. The molecule has 0 bridgehead atoms. The maximum atomic E-state index is 9.31. The maximum absolute atomic E-state index is 9.31. The van der Waals surface area contributed by atoms with Crippen LogP contribution in [0.25, 0.3) is 43.6 Å². The van der Waals surface area contributed by atoms with Gasteiger partial charge in [0.15, 0.2) is 0 Å². The molecule has 0 aliphatic rings. The van der Waals surface area contributed by atoms with E-state index in [1.807, 2.05) is 72.8 Å². The predicted molar refractivity (Wildman–Crippen MR) is 202 cm³/mol. The monoisotopic (exact) mass is 776 g/mol. The van der Waals surface area contributed by atoms with Gasteiger partial charge in [0.05, 0.1) is 0 Å². The standard InChI is InChI=1S/4C9H7NO.2H2O4S/c4*11-8-5-1-3-7-4-2-6-10-9(7)8;2*1-5(2,3)4/h4*1-6,11H;2*(H2,1,2,3,4). The summed E-state index contributed by atoms with van der Waals surface area (Å²) in [5, 5.41) is 41.1. The van der Waals surface area contributed by atoms with Crippen molar-refractivity contribution in [3.8, 4) is 23.0 Å². The Kier molecular flexibility index (Phi) is 15.4. The van der Waals surface area contributed by atoms with Crippen molar-refractivity contribution in [1.82, 2.24) is 19.9 Å². The normalized spacial score (nSPS) is 10.4. The first-order valence-electron chi connectivity index (χ1n) is 15.0. The lowest BCUT2D eigenvalue weighted by atomic mass is 10.2. The maximum Gasteiger partial charge on any atom is 0.394 e. The largest absolute Gasteiger partial charge is 0.506 e. The molecule has 4 aromatic heterocycles. The van der Waals surface area contributed by atoms with Gasteiger partial charge in [-0.1, -0.05) is 72.8 Å². The molecule has 0 amide bonds. The van der Waals surface area contributed by atoms with Gasteiger partial charge in [0.25, 0.3) is 0 Å². The van der Waals surface area contributed by atoms with Crippen LogP contribution in [0.4, 0.5) is 0 Å². The van der Waals surface area contributed by atoms with E-state index in [1.165, 1.54) is 0 Å². The van der Waals surface area contributed by atoms with Gasteiger partial charge in [-0.15, -0.1) is 0 Å². The molecule has 280 valence electrons. The van der Waals surface area contributed by atoms with Gasteiger partial charge in [0, 0.05) is 46.3 Å². The van der Waals surface area contributed by atoms with E-state index in [4.69, 9.17) is 35.0 Å². The van der Waals surface area contributed by atoms with Gasteiger partial charge in [0.2, 0.25) is 0 Å². The average molecular weight is 777 g/mol. The molecule has 8 aromatic rings. The highest BCUT2D eigenvalue weighted by Gasteiger charge is 1.99. The van der Waals surface area contributed by atoms with Crippen LogP contribution in [0.3, 0.4) is 0 Å². The van der Waals surface area contributed by atoms with Crippen LogP contribution >= 0.6 is 0 Å². The van der Waals surface area contributed by atoms with E-state index in [9.17, 15) is 20.4 Å². The summed E-state index contributed by atoms with van der Waals surface area (Å²) in [6.07, 6.45) is 6.67. The molecule has 0 aliphatic heterocycles. The van der Waals surface area contributed by atoms with Crippen molar-refractivity contribution in [3.63, 3.8) is 0 Å². The molecule has 0 spiro atoms. The first kappa shape index (κ1) is 41.9. The highest BCUT2D eigenvalue weighted by atomic mass is 32.3. The number of aromatic hydroxyl groups is 4. The number of hydrogen-bond acceptors (Lipinski definition) is 12. The van der Waals surface area contributed by atoms with E-state index in [1.54, 1.807) is 73.3 Å². The van der Waals surface area contributed by atoms with Crippen molar-refractivity contribution in [2.45, 2.75) is 0 Å². The van der Waals surface area contributed by atoms with Gasteiger partial charge < -0.3 is 20.4 Å². The molecular formula is C36H32N4O12S2. The first-order chi connectivity index (χ1) is 25.5. The highest BCUT2D eigenvalue weighted by molar-refractivity contribution is 7.80. The van der Waals surface area contributed by atoms with Crippen LogP contribution in [0.2, 0.25) is 0 Å². The van der Waals surface area contributed by atoms with Crippen LogP contribution in [0, 0.1) is 0 Å². The molecule has 0 atom stereocenters. The number of aromatic nitrogens is 4. The topological polar surface area (TPSA) is 282 Å². The van der Waals surface area contributed by atoms with Crippen molar-refractivity contribution in [2.24, 2.45) is 0 Å². The number of fused-ring (bicyclic) bond motifs is 4. The fourth-order valence-electron chi connectivity index (χ4n) is 4.35. The zero-order valence-corrected chi connectivity index (χ0v) is 29.3. The summed E-state index contributed by atoms with van der Waals surface area (Å²) < 4.78 is 63.2. The van der Waals surface area contributed by atoms with Gasteiger partial charge in [-0.2, -0.15) is 16.8 Å². The van der Waals surface area contributed by atoms with Crippen LogP contribution in [0.1, 0.15) is 0 Å². The summed E-state index contributed by atoms with van der Waals surface area (Å²) in [7, 11) is -9.33. The number of rotatable bonds is 0. The lowest BCUT2D eigenvalue weighted by Gasteiger charge is -1.96. The summed E-state index contributed by atoms with van der Waals surface area (Å²) in [6.45, 7) is 0. The van der Waals surface area contributed by atoms with Crippen LogP contribution in [0.15, 0.2) is 146 Å². The summed E-state index contributed by atoms with van der Waals surface area (Å²) >= 11 is 0. The van der Waals surface area contributed by atoms with Crippen LogP contribution < -0.4 is 0 Å². The summed E-state index contributed by atoms with van der Waals surface area (Å²) in [4.78, 5) is 16.1. The fraction of sp³-hybridized carbons (Fsp3) is 0. The molecule has 0 radical (unpaired) electrons. The fourth-order valence-corrected chi connectivity index (χ4v) is 4.35. The van der Waals surface area contributed by atoms with Crippen LogP contribution in [-0.4, -0.2) is 75.4 Å². The van der Waals surface area contributed by atoms with Gasteiger partial charge in [-0.3, -0.25) is 38.1 Å². The number of phenolic OH excluding ortho intramolecular Hbond substituents is 4. The number of phenols is 4. The third-order valence-electron chi connectivity index (χ3n) is 6.45. The van der Waals surface area contributed by atoms with E-state index in [0.717, 1.165) is 21.5 Å². The van der Waals surface area contributed by atoms with Crippen molar-refractivity contribution >= 4 is 64.4 Å². The van der Waals surface area contributed by atoms with E-state index in [0.29, 0.717) is 22.1 Å². The van der Waals surface area contributed by atoms with Gasteiger partial charge >= 0.3 is 20.8 Å². The van der Waals surface area contributed by atoms with E-state index in [-0.39, 0.29) is 23.0 Å². The van der Waals surface area contributed by atoms with Gasteiger partial charge in [-0.25, -0.2) is 0 Å². The van der Waals surface area contributed by atoms with Crippen molar-refractivity contribution < 1.29 is 55.5 Å². The van der Waals surface area contributed by atoms with E-state index in [2.05, 4.69) is 19.9 Å². The Labute approximate surface area is 308 Å². The summed E-state index contributed by atoms with van der Waals surface area (Å²) in [5.41, 5.74) is 2.65. The van der Waals surface area contributed by atoms with Crippen molar-refractivity contribution in [2.75, 3.05) is 0 Å². The Bertz CT molecular complexity index is 2290. The number of nitrogens with zero attached hydrogens (tertiary/aromatic N) is 4. The zero-order valence-electron chi connectivity index (χ0n) is 27.7. The third kappa shape index (κ3) is 15.0. The highest BCUT2D eigenvalue weighted by Crippen LogP contribution is 2.23. The Balaban J connectivity index is 0.000000179. The second-order valence-electron chi connectivity index (χ2n) is 10.3. The van der Waals surface area contributed by atoms with Crippen LogP contribution in [0.5, 0.6) is 23.0 Å². The second kappa shape index (κ2) is 19.9. The number of benzene rings is 4. The lowest BCUT2D eigenvalue weighted by molar-refractivity contribution is 0.378. The smallest absolute Gasteiger partial charge is 0.394 e. The number of hydrogen-bond donors (Lipinski definition) is 8. The number of para-hydroxylation sites is 4.